The normalized spacial score (nSPS) is 10.7. The summed E-state index contributed by atoms with van der Waals surface area (Å²) in [5, 5.41) is 11.8. The molecule has 2 aromatic heterocycles. The van der Waals surface area contributed by atoms with Gasteiger partial charge in [-0.2, -0.15) is 0 Å². The van der Waals surface area contributed by atoms with Crippen LogP contribution in [0.5, 0.6) is 5.75 Å². The molecule has 7 nitrogen and oxygen atoms in total. The number of amides is 1. The van der Waals surface area contributed by atoms with Crippen LogP contribution in [-0.4, -0.2) is 38.0 Å². The summed E-state index contributed by atoms with van der Waals surface area (Å²) in [6, 6.07) is 19.3. The Labute approximate surface area is 195 Å². The third kappa shape index (κ3) is 5.56. The number of carbonyl (C=O) groups excluding carboxylic acids is 1. The van der Waals surface area contributed by atoms with Gasteiger partial charge in [0.2, 0.25) is 5.91 Å². The van der Waals surface area contributed by atoms with Crippen molar-refractivity contribution in [3.63, 3.8) is 0 Å². The second-order valence-corrected chi connectivity index (χ2v) is 7.88. The van der Waals surface area contributed by atoms with Crippen LogP contribution < -0.4 is 10.1 Å². The van der Waals surface area contributed by atoms with E-state index in [0.717, 1.165) is 17.0 Å². The van der Waals surface area contributed by atoms with Crippen molar-refractivity contribution >= 4 is 17.7 Å². The Morgan fingerprint density at radius 1 is 1.06 bits per heavy atom. The molecule has 0 atom stereocenters. The smallest absolute Gasteiger partial charge is 0.230 e. The van der Waals surface area contributed by atoms with Gasteiger partial charge in [-0.25, -0.2) is 4.39 Å². The molecule has 0 bridgehead atoms. The summed E-state index contributed by atoms with van der Waals surface area (Å²) in [6.07, 6.45) is 1.68. The van der Waals surface area contributed by atoms with Crippen LogP contribution in [0.4, 0.5) is 4.39 Å². The highest BCUT2D eigenvalue weighted by Crippen LogP contribution is 2.30. The summed E-state index contributed by atoms with van der Waals surface area (Å²) in [6.45, 7) is 2.81. The third-order valence-corrected chi connectivity index (χ3v) is 5.60. The number of para-hydroxylation sites is 1. The molecule has 9 heteroatoms. The van der Waals surface area contributed by atoms with E-state index in [1.54, 1.807) is 29.0 Å². The number of thioether (sulfide) groups is 1. The fourth-order valence-electron chi connectivity index (χ4n) is 3.14. The first kappa shape index (κ1) is 22.5. The number of pyridine rings is 1. The molecule has 0 saturated heterocycles. The minimum absolute atomic E-state index is 0.0999. The lowest BCUT2D eigenvalue weighted by Crippen LogP contribution is -2.25. The molecule has 2 aromatic carbocycles. The van der Waals surface area contributed by atoms with Gasteiger partial charge in [0.25, 0.3) is 0 Å². The quantitative estimate of drug-likeness (QED) is 0.373. The van der Waals surface area contributed by atoms with Crippen molar-refractivity contribution in [2.75, 3.05) is 12.4 Å². The van der Waals surface area contributed by atoms with Crippen molar-refractivity contribution in [1.82, 2.24) is 25.1 Å². The SMILES string of the molecule is CCOc1ccc(-c2nnc(SCC(=O)NCc3ccccn3)n2-c2ccccc2F)cc1. The second kappa shape index (κ2) is 10.7. The van der Waals surface area contributed by atoms with Gasteiger partial charge in [-0.15, -0.1) is 10.2 Å². The van der Waals surface area contributed by atoms with Crippen LogP contribution in [0.1, 0.15) is 12.6 Å². The highest BCUT2D eigenvalue weighted by molar-refractivity contribution is 7.99. The number of halogens is 1. The van der Waals surface area contributed by atoms with Crippen molar-refractivity contribution in [1.29, 1.82) is 0 Å². The van der Waals surface area contributed by atoms with Crippen LogP contribution in [0.3, 0.4) is 0 Å². The summed E-state index contributed by atoms with van der Waals surface area (Å²) in [5.41, 5.74) is 1.83. The summed E-state index contributed by atoms with van der Waals surface area (Å²) in [4.78, 5) is 16.6. The van der Waals surface area contributed by atoms with Gasteiger partial charge in [0.1, 0.15) is 11.6 Å². The lowest BCUT2D eigenvalue weighted by Gasteiger charge is -2.12. The summed E-state index contributed by atoms with van der Waals surface area (Å²) >= 11 is 1.19. The number of hydrogen-bond acceptors (Lipinski definition) is 6. The molecule has 4 aromatic rings. The third-order valence-electron chi connectivity index (χ3n) is 4.68. The first-order valence-electron chi connectivity index (χ1n) is 10.4. The minimum atomic E-state index is -0.411. The number of nitrogens with one attached hydrogen (secondary N) is 1. The van der Waals surface area contributed by atoms with Crippen LogP contribution >= 0.6 is 11.8 Å². The van der Waals surface area contributed by atoms with Gasteiger partial charge >= 0.3 is 0 Å². The Kier molecular flexibility index (Phi) is 7.31. The van der Waals surface area contributed by atoms with Gasteiger partial charge < -0.3 is 10.1 Å². The number of ether oxygens (including phenoxy) is 1. The largest absolute Gasteiger partial charge is 0.494 e. The van der Waals surface area contributed by atoms with Crippen molar-refractivity contribution < 1.29 is 13.9 Å². The highest BCUT2D eigenvalue weighted by Gasteiger charge is 2.19. The van der Waals surface area contributed by atoms with E-state index in [-0.39, 0.29) is 11.7 Å². The zero-order valence-electron chi connectivity index (χ0n) is 17.9. The van der Waals surface area contributed by atoms with Gasteiger partial charge in [0.15, 0.2) is 11.0 Å². The van der Waals surface area contributed by atoms with Gasteiger partial charge in [-0.3, -0.25) is 14.3 Å². The highest BCUT2D eigenvalue weighted by atomic mass is 32.2. The molecule has 0 fully saturated rings. The average molecular weight is 464 g/mol. The van der Waals surface area contributed by atoms with Crippen LogP contribution in [-0.2, 0) is 11.3 Å². The van der Waals surface area contributed by atoms with E-state index in [1.807, 2.05) is 49.4 Å². The molecule has 0 aliphatic rings. The molecule has 2 heterocycles. The van der Waals surface area contributed by atoms with Crippen molar-refractivity contribution in [3.8, 4) is 22.8 Å². The molecule has 1 N–H and O–H groups in total. The first-order chi connectivity index (χ1) is 16.2. The monoisotopic (exact) mass is 463 g/mol. The molecule has 168 valence electrons. The molecule has 0 spiro atoms. The summed E-state index contributed by atoms with van der Waals surface area (Å²) in [5.74, 6) is 0.710. The number of hydrogen-bond donors (Lipinski definition) is 1. The van der Waals surface area contributed by atoms with E-state index in [2.05, 4.69) is 20.5 Å². The number of benzene rings is 2. The lowest BCUT2D eigenvalue weighted by molar-refractivity contribution is -0.118. The van der Waals surface area contributed by atoms with E-state index in [9.17, 15) is 9.18 Å². The van der Waals surface area contributed by atoms with Crippen LogP contribution in [0.25, 0.3) is 17.1 Å². The fraction of sp³-hybridized carbons (Fsp3) is 0.167. The molecule has 0 aliphatic heterocycles. The number of carbonyl (C=O) groups is 1. The number of aromatic nitrogens is 4. The first-order valence-corrected chi connectivity index (χ1v) is 11.4. The molecular weight excluding hydrogens is 441 g/mol. The Bertz CT molecular complexity index is 1220. The van der Waals surface area contributed by atoms with Gasteiger partial charge in [0, 0.05) is 11.8 Å². The molecule has 1 amide bonds. The predicted molar refractivity (Wildman–Crippen MR) is 125 cm³/mol. The van der Waals surface area contributed by atoms with Crippen molar-refractivity contribution in [3.05, 3.63) is 84.4 Å². The molecule has 0 saturated carbocycles. The zero-order valence-corrected chi connectivity index (χ0v) is 18.8. The second-order valence-electron chi connectivity index (χ2n) is 6.94. The van der Waals surface area contributed by atoms with E-state index < -0.39 is 5.82 Å². The lowest BCUT2D eigenvalue weighted by atomic mass is 10.2. The van der Waals surface area contributed by atoms with E-state index in [4.69, 9.17) is 4.74 Å². The molecule has 4 rings (SSSR count). The molecule has 0 unspecified atom stereocenters. The van der Waals surface area contributed by atoms with Crippen LogP contribution in [0, 0.1) is 5.82 Å². The van der Waals surface area contributed by atoms with Gasteiger partial charge in [0.05, 0.1) is 30.3 Å². The van der Waals surface area contributed by atoms with Gasteiger partial charge in [-0.05, 0) is 55.5 Å². The topological polar surface area (TPSA) is 81.9 Å². The number of nitrogens with zero attached hydrogens (tertiary/aromatic N) is 4. The Morgan fingerprint density at radius 2 is 1.85 bits per heavy atom. The molecule has 0 aliphatic carbocycles. The Balaban J connectivity index is 1.56. The molecular formula is C24H22FN5O2S. The van der Waals surface area contributed by atoms with Crippen LogP contribution in [0.2, 0.25) is 0 Å². The average Bonchev–Trinajstić information content (AvgIpc) is 3.27. The minimum Gasteiger partial charge on any atom is -0.494 e. The standard InChI is InChI=1S/C24H22FN5O2S/c1-2-32-19-12-10-17(11-13-19)23-28-29-24(30(23)21-9-4-3-8-20(21)25)33-16-22(31)27-15-18-7-5-6-14-26-18/h3-14H,2,15-16H2,1H3,(H,27,31). The van der Waals surface area contributed by atoms with Crippen molar-refractivity contribution in [2.45, 2.75) is 18.6 Å². The predicted octanol–water partition coefficient (Wildman–Crippen LogP) is 4.28. The van der Waals surface area contributed by atoms with E-state index in [0.29, 0.717) is 29.8 Å². The van der Waals surface area contributed by atoms with Crippen molar-refractivity contribution in [2.24, 2.45) is 0 Å². The maximum atomic E-state index is 14.7. The Hall–Kier alpha value is -3.72. The summed E-state index contributed by atoms with van der Waals surface area (Å²) < 4.78 is 21.8. The Morgan fingerprint density at radius 3 is 2.58 bits per heavy atom. The van der Waals surface area contributed by atoms with E-state index >= 15 is 0 Å². The zero-order chi connectivity index (χ0) is 23.0. The number of rotatable bonds is 9. The fourth-order valence-corrected chi connectivity index (χ4v) is 3.92. The van der Waals surface area contributed by atoms with Gasteiger partial charge in [-0.1, -0.05) is 30.0 Å². The maximum Gasteiger partial charge on any atom is 0.230 e. The van der Waals surface area contributed by atoms with Crippen LogP contribution in [0.15, 0.2) is 78.1 Å². The maximum absolute atomic E-state index is 14.7. The molecule has 33 heavy (non-hydrogen) atoms. The van der Waals surface area contributed by atoms with E-state index in [1.165, 1.54) is 17.8 Å². The summed E-state index contributed by atoms with van der Waals surface area (Å²) in [7, 11) is 0. The molecule has 0 radical (unpaired) electrons.